The zero-order valence-electron chi connectivity index (χ0n) is 20.6. The molecule has 35 heavy (non-hydrogen) atoms. The van der Waals surface area contributed by atoms with Crippen LogP contribution >= 0.6 is 0 Å². The first kappa shape index (κ1) is 24.2. The molecule has 3 atom stereocenters. The van der Waals surface area contributed by atoms with Crippen molar-refractivity contribution in [2.45, 2.75) is 75.7 Å². The summed E-state index contributed by atoms with van der Waals surface area (Å²) in [7, 11) is 1.45. The van der Waals surface area contributed by atoms with Crippen molar-refractivity contribution >= 4 is 5.91 Å². The Morgan fingerprint density at radius 3 is 2.74 bits per heavy atom. The summed E-state index contributed by atoms with van der Waals surface area (Å²) in [6, 6.07) is 8.87. The van der Waals surface area contributed by atoms with Gasteiger partial charge in [-0.3, -0.25) is 9.69 Å². The van der Waals surface area contributed by atoms with Crippen LogP contribution in [0.4, 0.5) is 8.78 Å². The number of hydrogen-bond acceptors (Lipinski definition) is 4. The van der Waals surface area contributed by atoms with E-state index in [0.717, 1.165) is 36.9 Å². The number of amides is 1. The number of fused-ring (bicyclic) bond motifs is 1. The van der Waals surface area contributed by atoms with E-state index in [0.29, 0.717) is 42.1 Å². The van der Waals surface area contributed by atoms with Crippen LogP contribution in [0.3, 0.4) is 0 Å². The number of aryl methyl sites for hydroxylation is 1. The fraction of sp³-hybridized carbons (Fsp3) is 0.536. The van der Waals surface area contributed by atoms with Crippen molar-refractivity contribution in [2.75, 3.05) is 20.2 Å². The molecule has 0 bridgehead atoms. The van der Waals surface area contributed by atoms with Crippen LogP contribution in [0.15, 0.2) is 30.3 Å². The van der Waals surface area contributed by atoms with Crippen LogP contribution in [0.5, 0.6) is 5.75 Å². The highest BCUT2D eigenvalue weighted by Crippen LogP contribution is 2.44. The summed E-state index contributed by atoms with van der Waals surface area (Å²) in [5, 5.41) is 13.4. The lowest BCUT2D eigenvalue weighted by molar-refractivity contribution is 0.0594. The van der Waals surface area contributed by atoms with Gasteiger partial charge in [-0.05, 0) is 80.7 Å². The van der Waals surface area contributed by atoms with E-state index in [9.17, 15) is 14.3 Å². The van der Waals surface area contributed by atoms with E-state index in [-0.39, 0.29) is 23.4 Å². The van der Waals surface area contributed by atoms with E-state index >= 15 is 4.39 Å². The van der Waals surface area contributed by atoms with E-state index < -0.39 is 17.8 Å². The Morgan fingerprint density at radius 2 is 2.06 bits per heavy atom. The molecule has 0 spiro atoms. The molecule has 1 unspecified atom stereocenters. The van der Waals surface area contributed by atoms with Gasteiger partial charge in [-0.1, -0.05) is 18.2 Å². The summed E-state index contributed by atoms with van der Waals surface area (Å²) in [6.07, 6.45) is 2.87. The van der Waals surface area contributed by atoms with Gasteiger partial charge in [0.15, 0.2) is 11.6 Å². The molecule has 7 heteroatoms. The van der Waals surface area contributed by atoms with Gasteiger partial charge in [-0.15, -0.1) is 0 Å². The number of aliphatic hydroxyl groups is 1. The Morgan fingerprint density at radius 1 is 1.29 bits per heavy atom. The zero-order chi connectivity index (χ0) is 24.9. The maximum Gasteiger partial charge on any atom is 0.251 e. The second-order valence-electron chi connectivity index (χ2n) is 10.6. The number of methoxy groups -OCH3 is 1. The number of benzene rings is 2. The maximum atomic E-state index is 15.5. The number of nitrogens with zero attached hydrogens (tertiary/aromatic N) is 1. The van der Waals surface area contributed by atoms with E-state index in [1.54, 1.807) is 19.1 Å². The fourth-order valence-corrected chi connectivity index (χ4v) is 6.00. The molecule has 0 radical (unpaired) electrons. The minimum Gasteiger partial charge on any atom is -0.493 e. The molecule has 2 aromatic carbocycles. The maximum absolute atomic E-state index is 15.5. The van der Waals surface area contributed by atoms with Gasteiger partial charge in [0.2, 0.25) is 0 Å². The summed E-state index contributed by atoms with van der Waals surface area (Å²) in [6.45, 7) is 4.88. The normalized spacial score (nSPS) is 28.9. The lowest BCUT2D eigenvalue weighted by Gasteiger charge is -2.41. The van der Waals surface area contributed by atoms with Crippen LogP contribution in [0.1, 0.15) is 84.1 Å². The zero-order valence-corrected chi connectivity index (χ0v) is 20.6. The van der Waals surface area contributed by atoms with E-state index in [1.165, 1.54) is 7.11 Å². The monoisotopic (exact) mass is 484 g/mol. The first-order chi connectivity index (χ1) is 16.7. The first-order valence-corrected chi connectivity index (χ1v) is 12.6. The summed E-state index contributed by atoms with van der Waals surface area (Å²) in [5.41, 5.74) is 2.73. The summed E-state index contributed by atoms with van der Waals surface area (Å²) < 4.78 is 34.5. The molecule has 2 aromatic rings. The van der Waals surface area contributed by atoms with Crippen LogP contribution in [-0.4, -0.2) is 48.3 Å². The molecule has 0 aromatic heterocycles. The van der Waals surface area contributed by atoms with Gasteiger partial charge < -0.3 is 15.2 Å². The summed E-state index contributed by atoms with van der Waals surface area (Å²) in [5.74, 6) is -0.375. The quantitative estimate of drug-likeness (QED) is 0.620. The molecule has 2 N–H and O–H groups in total. The number of likely N-dealkylation sites (tertiary alicyclic amines) is 1. The molecule has 2 fully saturated rings. The predicted molar refractivity (Wildman–Crippen MR) is 130 cm³/mol. The highest BCUT2D eigenvalue weighted by Gasteiger charge is 2.39. The van der Waals surface area contributed by atoms with E-state index in [4.69, 9.17) is 4.74 Å². The van der Waals surface area contributed by atoms with Crippen molar-refractivity contribution in [3.63, 3.8) is 0 Å². The third-order valence-electron chi connectivity index (χ3n) is 8.24. The van der Waals surface area contributed by atoms with Gasteiger partial charge in [0.05, 0.1) is 18.8 Å². The number of ether oxygens (including phenoxy) is 1. The largest absolute Gasteiger partial charge is 0.493 e. The number of halogens is 2. The molecule has 1 saturated carbocycles. The van der Waals surface area contributed by atoms with E-state index in [2.05, 4.69) is 10.2 Å². The van der Waals surface area contributed by atoms with Crippen LogP contribution in [0, 0.1) is 5.82 Å². The number of alkyl halides is 1. The van der Waals surface area contributed by atoms with Gasteiger partial charge in [0.1, 0.15) is 6.17 Å². The lowest BCUT2D eigenvalue weighted by atomic mass is 9.74. The second-order valence-corrected chi connectivity index (χ2v) is 10.6. The van der Waals surface area contributed by atoms with Crippen molar-refractivity contribution < 1.29 is 23.4 Å². The van der Waals surface area contributed by atoms with E-state index in [1.807, 2.05) is 25.1 Å². The molecule has 2 aliphatic carbocycles. The molecule has 5 nitrogen and oxygen atoms in total. The van der Waals surface area contributed by atoms with Crippen LogP contribution in [0.2, 0.25) is 0 Å². The third kappa shape index (κ3) is 4.45. The molecule has 1 aliphatic heterocycles. The molecule has 1 amide bonds. The smallest absolute Gasteiger partial charge is 0.251 e. The molecule has 5 rings (SSSR count). The standard InChI is InChI=1S/C28H34F2N2O3/c1-16(31-27(33)18-4-7-24-17(12-18)8-10-28(24,2)34)22-5-6-23(25(30)26(22)35-3)19-13-21(14-19)32-11-9-20(29)15-32/h4-7,12,16,19-21,34H,8-11,13-15H2,1-3H3,(H,31,33)/t16-,19?,20+,21?,28?/m0/s1. The van der Waals surface area contributed by atoms with Gasteiger partial charge in [0, 0.05) is 30.3 Å². The lowest BCUT2D eigenvalue weighted by Crippen LogP contribution is -2.42. The van der Waals surface area contributed by atoms with Gasteiger partial charge in [-0.25, -0.2) is 8.78 Å². The second kappa shape index (κ2) is 9.17. The predicted octanol–water partition coefficient (Wildman–Crippen LogP) is 4.77. The average Bonchev–Trinajstić information content (AvgIpc) is 3.35. The molecule has 3 aliphatic rings. The van der Waals surface area contributed by atoms with Gasteiger partial charge >= 0.3 is 0 Å². The molecular formula is C28H34F2N2O3. The highest BCUT2D eigenvalue weighted by atomic mass is 19.1. The number of carbonyl (C=O) groups is 1. The summed E-state index contributed by atoms with van der Waals surface area (Å²) in [4.78, 5) is 15.1. The Balaban J connectivity index is 1.27. The van der Waals surface area contributed by atoms with Crippen LogP contribution in [-0.2, 0) is 12.0 Å². The molecule has 1 heterocycles. The Hall–Kier alpha value is -2.51. The first-order valence-electron chi connectivity index (χ1n) is 12.6. The van der Waals surface area contributed by atoms with Crippen molar-refractivity contribution in [1.82, 2.24) is 10.2 Å². The number of rotatable bonds is 6. The molecule has 188 valence electrons. The van der Waals surface area contributed by atoms with Crippen molar-refractivity contribution in [3.8, 4) is 5.75 Å². The minimum atomic E-state index is -0.852. The fourth-order valence-electron chi connectivity index (χ4n) is 6.00. The van der Waals surface area contributed by atoms with Crippen molar-refractivity contribution in [3.05, 3.63) is 64.0 Å². The Bertz CT molecular complexity index is 1130. The topological polar surface area (TPSA) is 61.8 Å². The number of hydrogen-bond donors (Lipinski definition) is 2. The number of carbonyl (C=O) groups excluding carboxylic acids is 1. The average molecular weight is 485 g/mol. The van der Waals surface area contributed by atoms with Gasteiger partial charge in [0.25, 0.3) is 5.91 Å². The van der Waals surface area contributed by atoms with Crippen LogP contribution in [0.25, 0.3) is 0 Å². The van der Waals surface area contributed by atoms with Crippen molar-refractivity contribution in [2.24, 2.45) is 0 Å². The highest BCUT2D eigenvalue weighted by molar-refractivity contribution is 5.94. The molecule has 1 saturated heterocycles. The Kier molecular flexibility index (Phi) is 6.34. The van der Waals surface area contributed by atoms with Crippen LogP contribution < -0.4 is 10.1 Å². The summed E-state index contributed by atoms with van der Waals surface area (Å²) >= 11 is 0. The third-order valence-corrected chi connectivity index (χ3v) is 8.24. The number of nitrogens with one attached hydrogen (secondary N) is 1. The molecular weight excluding hydrogens is 450 g/mol. The van der Waals surface area contributed by atoms with Gasteiger partial charge in [-0.2, -0.15) is 0 Å². The minimum absolute atomic E-state index is 0.0927. The SMILES string of the molecule is COc1c([C@H](C)NC(=O)c2ccc3c(c2)CCC3(C)O)ccc(C2CC(N3CC[C@@H](F)C3)C2)c1F. The Labute approximate surface area is 205 Å². The van der Waals surface area contributed by atoms with Crippen molar-refractivity contribution in [1.29, 1.82) is 0 Å².